The highest BCUT2D eigenvalue weighted by molar-refractivity contribution is 6.30. The van der Waals surface area contributed by atoms with E-state index in [1.807, 2.05) is 24.3 Å². The summed E-state index contributed by atoms with van der Waals surface area (Å²) in [7, 11) is 0. The summed E-state index contributed by atoms with van der Waals surface area (Å²) in [6, 6.07) is 7.86. The number of rotatable bonds is 4. The molecule has 5 fully saturated rings. The van der Waals surface area contributed by atoms with Crippen molar-refractivity contribution in [2.24, 2.45) is 17.3 Å². The van der Waals surface area contributed by atoms with E-state index in [0.29, 0.717) is 18.3 Å². The van der Waals surface area contributed by atoms with Crippen LogP contribution in [0.4, 0.5) is 0 Å². The first-order valence-electron chi connectivity index (χ1n) is 9.67. The van der Waals surface area contributed by atoms with Crippen molar-refractivity contribution in [2.75, 3.05) is 0 Å². The molecule has 0 heterocycles. The Morgan fingerprint density at radius 1 is 1.12 bits per heavy atom. The summed E-state index contributed by atoms with van der Waals surface area (Å²) in [6.07, 6.45) is 8.86. The standard InChI is InChI=1S/C21H26ClNO2/c22-17-3-1-16(2-4-17)21(5-6-21)23-18(24)12-19-8-14-7-15(9-19)11-20(25,10-14)13-19/h1-4,14-15,25H,5-13H2,(H,23,24)/t14-,15-,19?,20?/m1/s1. The molecule has 1 amide bonds. The van der Waals surface area contributed by atoms with Crippen molar-refractivity contribution < 1.29 is 9.90 Å². The fourth-order valence-electron chi connectivity index (χ4n) is 6.64. The van der Waals surface area contributed by atoms with E-state index in [2.05, 4.69) is 5.32 Å². The van der Waals surface area contributed by atoms with Crippen LogP contribution < -0.4 is 5.32 Å². The highest BCUT2D eigenvalue weighted by Crippen LogP contribution is 2.63. The predicted molar refractivity (Wildman–Crippen MR) is 97.2 cm³/mol. The first-order valence-corrected chi connectivity index (χ1v) is 10.1. The summed E-state index contributed by atoms with van der Waals surface area (Å²) in [4.78, 5) is 12.9. The molecule has 3 nitrogen and oxygen atoms in total. The molecule has 2 N–H and O–H groups in total. The number of benzene rings is 1. The fraction of sp³-hybridized carbons (Fsp3) is 0.667. The Kier molecular flexibility index (Phi) is 3.38. The predicted octanol–water partition coefficient (Wildman–Crippen LogP) is 4.17. The minimum Gasteiger partial charge on any atom is -0.390 e. The zero-order valence-electron chi connectivity index (χ0n) is 14.6. The van der Waals surface area contributed by atoms with Crippen LogP contribution in [0.1, 0.15) is 63.4 Å². The monoisotopic (exact) mass is 359 g/mol. The zero-order chi connectivity index (χ0) is 17.3. The molecular weight excluding hydrogens is 334 g/mol. The van der Waals surface area contributed by atoms with Gasteiger partial charge in [-0.3, -0.25) is 4.79 Å². The maximum Gasteiger partial charge on any atom is 0.221 e. The van der Waals surface area contributed by atoms with Crippen LogP contribution in [0.2, 0.25) is 5.02 Å². The van der Waals surface area contributed by atoms with E-state index in [1.165, 1.54) is 6.42 Å². The molecule has 6 rings (SSSR count). The third kappa shape index (κ3) is 2.80. The van der Waals surface area contributed by atoms with Crippen molar-refractivity contribution in [3.05, 3.63) is 34.9 Å². The molecule has 4 heteroatoms. The summed E-state index contributed by atoms with van der Waals surface area (Å²) in [5, 5.41) is 14.9. The van der Waals surface area contributed by atoms with Crippen LogP contribution in [0, 0.1) is 17.3 Å². The molecule has 0 aliphatic heterocycles. The lowest BCUT2D eigenvalue weighted by Crippen LogP contribution is -2.56. The van der Waals surface area contributed by atoms with Crippen LogP contribution in [-0.4, -0.2) is 16.6 Å². The van der Waals surface area contributed by atoms with E-state index in [-0.39, 0.29) is 16.9 Å². The van der Waals surface area contributed by atoms with Gasteiger partial charge in [-0.25, -0.2) is 0 Å². The van der Waals surface area contributed by atoms with E-state index in [4.69, 9.17) is 11.6 Å². The smallest absolute Gasteiger partial charge is 0.221 e. The summed E-state index contributed by atoms with van der Waals surface area (Å²) >= 11 is 5.99. The van der Waals surface area contributed by atoms with Crippen molar-refractivity contribution >= 4 is 17.5 Å². The molecule has 134 valence electrons. The molecule has 0 saturated heterocycles. The van der Waals surface area contributed by atoms with Crippen LogP contribution in [0.15, 0.2) is 24.3 Å². The van der Waals surface area contributed by atoms with Gasteiger partial charge in [0.2, 0.25) is 5.91 Å². The van der Waals surface area contributed by atoms with Crippen molar-refractivity contribution in [1.29, 1.82) is 0 Å². The van der Waals surface area contributed by atoms with E-state index in [1.54, 1.807) is 0 Å². The van der Waals surface area contributed by atoms with Crippen molar-refractivity contribution in [3.8, 4) is 0 Å². The van der Waals surface area contributed by atoms with Gasteiger partial charge in [-0.05, 0) is 86.3 Å². The minimum absolute atomic E-state index is 0.0407. The average Bonchev–Trinajstić information content (AvgIpc) is 3.25. The number of nitrogens with one attached hydrogen (secondary N) is 1. The maximum atomic E-state index is 12.9. The Balaban J connectivity index is 1.30. The number of hydrogen-bond donors (Lipinski definition) is 2. The molecule has 5 aliphatic rings. The van der Waals surface area contributed by atoms with E-state index < -0.39 is 5.60 Å². The van der Waals surface area contributed by atoms with Gasteiger partial charge in [0.25, 0.3) is 0 Å². The molecule has 5 saturated carbocycles. The molecular formula is C21H26ClNO2. The largest absolute Gasteiger partial charge is 0.390 e. The normalized spacial score (nSPS) is 40.1. The van der Waals surface area contributed by atoms with Crippen LogP contribution in [-0.2, 0) is 10.3 Å². The number of carbonyl (C=O) groups excluding carboxylic acids is 1. The number of halogens is 1. The Morgan fingerprint density at radius 3 is 2.32 bits per heavy atom. The van der Waals surface area contributed by atoms with Crippen molar-refractivity contribution in [2.45, 2.75) is 68.9 Å². The summed E-state index contributed by atoms with van der Waals surface area (Å²) < 4.78 is 0. The lowest BCUT2D eigenvalue weighted by Gasteiger charge is -2.60. The summed E-state index contributed by atoms with van der Waals surface area (Å²) in [5.74, 6) is 1.42. The molecule has 0 unspecified atom stereocenters. The fourth-order valence-corrected chi connectivity index (χ4v) is 6.77. The molecule has 0 radical (unpaired) electrons. The third-order valence-electron chi connectivity index (χ3n) is 7.21. The summed E-state index contributed by atoms with van der Waals surface area (Å²) in [6.45, 7) is 0. The second-order valence-corrected chi connectivity index (χ2v) is 9.94. The topological polar surface area (TPSA) is 49.3 Å². The first kappa shape index (κ1) is 16.1. The van der Waals surface area contributed by atoms with Gasteiger partial charge < -0.3 is 10.4 Å². The van der Waals surface area contributed by atoms with Gasteiger partial charge in [0, 0.05) is 11.4 Å². The lowest BCUT2D eigenvalue weighted by molar-refractivity contribution is -0.169. The Bertz CT molecular complexity index is 695. The third-order valence-corrected chi connectivity index (χ3v) is 7.46. The van der Waals surface area contributed by atoms with Crippen LogP contribution in [0.5, 0.6) is 0 Å². The highest BCUT2D eigenvalue weighted by Gasteiger charge is 2.58. The second-order valence-electron chi connectivity index (χ2n) is 9.50. The van der Waals surface area contributed by atoms with Gasteiger partial charge in [0.15, 0.2) is 0 Å². The Labute approximate surface area is 154 Å². The van der Waals surface area contributed by atoms with Crippen molar-refractivity contribution in [3.63, 3.8) is 0 Å². The Morgan fingerprint density at radius 2 is 1.76 bits per heavy atom. The average molecular weight is 360 g/mol. The quantitative estimate of drug-likeness (QED) is 0.847. The molecule has 25 heavy (non-hydrogen) atoms. The van der Waals surface area contributed by atoms with Gasteiger partial charge in [-0.15, -0.1) is 0 Å². The molecule has 1 aromatic rings. The number of hydrogen-bond acceptors (Lipinski definition) is 2. The number of carbonyl (C=O) groups is 1. The molecule has 2 atom stereocenters. The Hall–Kier alpha value is -1.06. The van der Waals surface area contributed by atoms with Crippen LogP contribution >= 0.6 is 11.6 Å². The molecule has 4 bridgehead atoms. The van der Waals surface area contributed by atoms with Crippen LogP contribution in [0.3, 0.4) is 0 Å². The SMILES string of the molecule is O=C(CC12C[C@H]3C[C@@H](CC(O)(C3)C1)C2)NC1(c2ccc(Cl)cc2)CC1. The maximum absolute atomic E-state index is 12.9. The molecule has 0 spiro atoms. The van der Waals surface area contributed by atoms with E-state index in [0.717, 1.165) is 55.5 Å². The highest BCUT2D eigenvalue weighted by atomic mass is 35.5. The van der Waals surface area contributed by atoms with Gasteiger partial charge >= 0.3 is 0 Å². The van der Waals surface area contributed by atoms with Gasteiger partial charge in [-0.1, -0.05) is 23.7 Å². The van der Waals surface area contributed by atoms with E-state index in [9.17, 15) is 9.90 Å². The van der Waals surface area contributed by atoms with E-state index >= 15 is 0 Å². The summed E-state index contributed by atoms with van der Waals surface area (Å²) in [5.41, 5.74) is 0.534. The van der Waals surface area contributed by atoms with Gasteiger partial charge in [-0.2, -0.15) is 0 Å². The molecule has 0 aromatic heterocycles. The number of aliphatic hydroxyl groups is 1. The first-order chi connectivity index (χ1) is 11.9. The molecule has 1 aromatic carbocycles. The van der Waals surface area contributed by atoms with Gasteiger partial charge in [0.05, 0.1) is 11.1 Å². The van der Waals surface area contributed by atoms with Crippen molar-refractivity contribution in [1.82, 2.24) is 5.32 Å². The minimum atomic E-state index is -0.488. The van der Waals surface area contributed by atoms with Crippen LogP contribution in [0.25, 0.3) is 0 Å². The lowest BCUT2D eigenvalue weighted by atomic mass is 9.47. The zero-order valence-corrected chi connectivity index (χ0v) is 15.3. The second kappa shape index (κ2) is 5.23. The van der Waals surface area contributed by atoms with Gasteiger partial charge in [0.1, 0.15) is 0 Å². The molecule has 5 aliphatic carbocycles. The number of amides is 1.